The summed E-state index contributed by atoms with van der Waals surface area (Å²) in [7, 11) is 0. The van der Waals surface area contributed by atoms with Crippen molar-refractivity contribution in [1.29, 1.82) is 0 Å². The van der Waals surface area contributed by atoms with Crippen LogP contribution in [0.25, 0.3) is 6.08 Å². The number of allylic oxidation sites excluding steroid dienone is 1. The molecule has 0 heterocycles. The maximum Gasteiger partial charge on any atom is 0.0387 e. The summed E-state index contributed by atoms with van der Waals surface area (Å²) in [5.41, 5.74) is 7.70. The molecule has 0 bridgehead atoms. The lowest BCUT2D eigenvalue weighted by Gasteiger charge is -1.99. The largest absolute Gasteiger partial charge is 0.398 e. The van der Waals surface area contributed by atoms with Crippen molar-refractivity contribution in [1.82, 2.24) is 0 Å². The molecule has 1 aromatic carbocycles. The second kappa shape index (κ2) is 3.96. The minimum absolute atomic E-state index is 0.574. The van der Waals surface area contributed by atoms with Gasteiger partial charge in [0.25, 0.3) is 0 Å². The van der Waals surface area contributed by atoms with Gasteiger partial charge >= 0.3 is 0 Å². The smallest absolute Gasteiger partial charge is 0.0387 e. The number of rotatable bonds is 2. The van der Waals surface area contributed by atoms with E-state index in [9.17, 15) is 0 Å². The summed E-state index contributed by atoms with van der Waals surface area (Å²) in [6, 6.07) is 7.88. The highest BCUT2D eigenvalue weighted by Crippen LogP contribution is 2.13. The van der Waals surface area contributed by atoms with Crippen LogP contribution in [0, 0.1) is 5.92 Å². The van der Waals surface area contributed by atoms with Crippen molar-refractivity contribution in [3.63, 3.8) is 0 Å². The van der Waals surface area contributed by atoms with E-state index in [4.69, 9.17) is 5.73 Å². The van der Waals surface area contributed by atoms with Gasteiger partial charge < -0.3 is 5.73 Å². The minimum atomic E-state index is 0.574. The van der Waals surface area contributed by atoms with E-state index in [2.05, 4.69) is 26.0 Å². The number of nitrogen functional groups attached to an aromatic ring is 1. The van der Waals surface area contributed by atoms with E-state index in [0.717, 1.165) is 11.3 Å². The van der Waals surface area contributed by atoms with Gasteiger partial charge in [0.1, 0.15) is 0 Å². The van der Waals surface area contributed by atoms with Crippen LogP contribution in [0.5, 0.6) is 0 Å². The predicted molar refractivity (Wildman–Crippen MR) is 54.7 cm³/mol. The van der Waals surface area contributed by atoms with Gasteiger partial charge in [-0.05, 0) is 17.5 Å². The van der Waals surface area contributed by atoms with Gasteiger partial charge in [-0.2, -0.15) is 0 Å². The second-order valence-corrected chi connectivity index (χ2v) is 3.23. The number of benzene rings is 1. The molecule has 0 saturated carbocycles. The van der Waals surface area contributed by atoms with Crippen molar-refractivity contribution in [3.05, 3.63) is 35.9 Å². The predicted octanol–water partition coefficient (Wildman–Crippen LogP) is 2.94. The molecule has 0 saturated heterocycles. The van der Waals surface area contributed by atoms with E-state index >= 15 is 0 Å². The first kappa shape index (κ1) is 8.85. The summed E-state index contributed by atoms with van der Waals surface area (Å²) in [4.78, 5) is 0. The maximum absolute atomic E-state index is 5.76. The molecule has 1 rings (SSSR count). The second-order valence-electron chi connectivity index (χ2n) is 3.23. The zero-order chi connectivity index (χ0) is 8.97. The van der Waals surface area contributed by atoms with E-state index in [-0.39, 0.29) is 0 Å². The van der Waals surface area contributed by atoms with Crippen LogP contribution in [0.2, 0.25) is 0 Å². The minimum Gasteiger partial charge on any atom is -0.398 e. The number of hydrogen-bond donors (Lipinski definition) is 1. The van der Waals surface area contributed by atoms with Crippen LogP contribution in [0.1, 0.15) is 19.4 Å². The Labute approximate surface area is 73.9 Å². The molecule has 0 aliphatic heterocycles. The van der Waals surface area contributed by atoms with Crippen molar-refractivity contribution in [2.45, 2.75) is 13.8 Å². The summed E-state index contributed by atoms with van der Waals surface area (Å²) >= 11 is 0. The van der Waals surface area contributed by atoms with E-state index < -0.39 is 0 Å². The quantitative estimate of drug-likeness (QED) is 0.663. The molecule has 0 radical (unpaired) electrons. The van der Waals surface area contributed by atoms with Crippen LogP contribution in [-0.2, 0) is 0 Å². The van der Waals surface area contributed by atoms with Crippen LogP contribution < -0.4 is 5.73 Å². The van der Waals surface area contributed by atoms with Crippen molar-refractivity contribution in [2.75, 3.05) is 5.73 Å². The highest BCUT2D eigenvalue weighted by Gasteiger charge is 1.91. The number of para-hydroxylation sites is 1. The first-order valence-corrected chi connectivity index (χ1v) is 4.23. The van der Waals surface area contributed by atoms with Crippen LogP contribution in [0.15, 0.2) is 30.3 Å². The Kier molecular flexibility index (Phi) is 2.92. The molecule has 0 atom stereocenters. The molecule has 0 aliphatic rings. The van der Waals surface area contributed by atoms with E-state index in [1.54, 1.807) is 0 Å². The molecule has 64 valence electrons. The maximum atomic E-state index is 5.76. The average molecular weight is 161 g/mol. The zero-order valence-electron chi connectivity index (χ0n) is 7.62. The van der Waals surface area contributed by atoms with Gasteiger partial charge in [0, 0.05) is 5.69 Å². The summed E-state index contributed by atoms with van der Waals surface area (Å²) < 4.78 is 0. The van der Waals surface area contributed by atoms with Gasteiger partial charge in [0.15, 0.2) is 0 Å². The Morgan fingerprint density at radius 1 is 1.25 bits per heavy atom. The Hall–Kier alpha value is -1.24. The molecule has 0 aliphatic carbocycles. The molecular formula is C11H15N. The topological polar surface area (TPSA) is 26.0 Å². The molecule has 0 aromatic heterocycles. The van der Waals surface area contributed by atoms with Crippen LogP contribution in [-0.4, -0.2) is 0 Å². The third-order valence-electron chi connectivity index (χ3n) is 1.66. The Morgan fingerprint density at radius 3 is 2.50 bits per heavy atom. The van der Waals surface area contributed by atoms with E-state index in [1.165, 1.54) is 0 Å². The summed E-state index contributed by atoms with van der Waals surface area (Å²) in [5.74, 6) is 0.574. The fraction of sp³-hybridized carbons (Fsp3) is 0.273. The van der Waals surface area contributed by atoms with Crippen LogP contribution >= 0.6 is 0 Å². The van der Waals surface area contributed by atoms with Crippen molar-refractivity contribution in [2.24, 2.45) is 5.92 Å². The molecule has 2 N–H and O–H groups in total. The lowest BCUT2D eigenvalue weighted by Crippen LogP contribution is -1.88. The number of hydrogen-bond acceptors (Lipinski definition) is 1. The van der Waals surface area contributed by atoms with Crippen LogP contribution in [0.4, 0.5) is 5.69 Å². The monoisotopic (exact) mass is 161 g/mol. The van der Waals surface area contributed by atoms with Gasteiger partial charge in [0.2, 0.25) is 0 Å². The van der Waals surface area contributed by atoms with Gasteiger partial charge in [-0.25, -0.2) is 0 Å². The molecule has 12 heavy (non-hydrogen) atoms. The van der Waals surface area contributed by atoms with E-state index in [1.807, 2.05) is 24.3 Å². The first-order chi connectivity index (χ1) is 5.70. The normalized spacial score (nSPS) is 11.2. The van der Waals surface area contributed by atoms with Crippen LogP contribution in [0.3, 0.4) is 0 Å². The molecule has 0 amide bonds. The molecule has 1 aromatic rings. The zero-order valence-corrected chi connectivity index (χ0v) is 7.62. The fourth-order valence-electron chi connectivity index (χ4n) is 0.959. The summed E-state index contributed by atoms with van der Waals surface area (Å²) in [5, 5.41) is 0. The van der Waals surface area contributed by atoms with Gasteiger partial charge in [-0.1, -0.05) is 44.2 Å². The SMILES string of the molecule is CC(C)/C=C/c1ccccc1N. The summed E-state index contributed by atoms with van der Waals surface area (Å²) in [6.45, 7) is 4.30. The molecule has 1 heteroatoms. The van der Waals surface area contributed by atoms with Gasteiger partial charge in [-0.15, -0.1) is 0 Å². The van der Waals surface area contributed by atoms with Gasteiger partial charge in [0.05, 0.1) is 0 Å². The third kappa shape index (κ3) is 2.42. The highest BCUT2D eigenvalue weighted by atomic mass is 14.5. The lowest BCUT2D eigenvalue weighted by molar-refractivity contribution is 0.836. The summed E-state index contributed by atoms with van der Waals surface area (Å²) in [6.07, 6.45) is 4.21. The molecular weight excluding hydrogens is 146 g/mol. The molecule has 1 nitrogen and oxygen atoms in total. The fourth-order valence-corrected chi connectivity index (χ4v) is 0.959. The molecule has 0 fully saturated rings. The Bertz CT molecular complexity index is 274. The average Bonchev–Trinajstić information content (AvgIpc) is 2.03. The van der Waals surface area contributed by atoms with Crippen molar-refractivity contribution < 1.29 is 0 Å². The number of anilines is 1. The van der Waals surface area contributed by atoms with Gasteiger partial charge in [-0.3, -0.25) is 0 Å². The Morgan fingerprint density at radius 2 is 1.92 bits per heavy atom. The highest BCUT2D eigenvalue weighted by molar-refractivity contribution is 5.64. The Balaban J connectivity index is 2.82. The standard InChI is InChI=1S/C11H15N/c1-9(2)7-8-10-5-3-4-6-11(10)12/h3-9H,12H2,1-2H3/b8-7+. The van der Waals surface area contributed by atoms with Crippen molar-refractivity contribution in [3.8, 4) is 0 Å². The lowest BCUT2D eigenvalue weighted by atomic mass is 10.1. The molecule has 0 unspecified atom stereocenters. The first-order valence-electron chi connectivity index (χ1n) is 4.23. The number of nitrogens with two attached hydrogens (primary N) is 1. The van der Waals surface area contributed by atoms with Crippen molar-refractivity contribution >= 4 is 11.8 Å². The van der Waals surface area contributed by atoms with E-state index in [0.29, 0.717) is 5.92 Å². The molecule has 0 spiro atoms. The third-order valence-corrected chi connectivity index (χ3v) is 1.66.